The van der Waals surface area contributed by atoms with Gasteiger partial charge >= 0.3 is 6.09 Å². The molecule has 0 bridgehead atoms. The largest absolute Gasteiger partial charge is 0.444 e. The maximum Gasteiger partial charge on any atom is 0.407 e. The number of benzene rings is 1. The fraction of sp³-hybridized carbons (Fsp3) is 0.588. The lowest BCUT2D eigenvalue weighted by Crippen LogP contribution is -2.48. The van der Waals surface area contributed by atoms with Gasteiger partial charge in [-0.05, 0) is 51.8 Å². The highest BCUT2D eigenvalue weighted by Crippen LogP contribution is 2.24. The number of non-ortho nitro benzene ring substituents is 1. The van der Waals surface area contributed by atoms with Gasteiger partial charge in [-0.1, -0.05) is 11.6 Å². The van der Waals surface area contributed by atoms with Gasteiger partial charge < -0.3 is 10.1 Å². The zero-order valence-corrected chi connectivity index (χ0v) is 15.5. The van der Waals surface area contributed by atoms with E-state index in [2.05, 4.69) is 10.2 Å². The molecule has 2 rings (SSSR count). The maximum absolute atomic E-state index is 11.9. The van der Waals surface area contributed by atoms with Gasteiger partial charge in [-0.3, -0.25) is 15.0 Å². The zero-order chi connectivity index (χ0) is 18.6. The van der Waals surface area contributed by atoms with Crippen LogP contribution in [0.5, 0.6) is 0 Å². The number of amides is 1. The fourth-order valence-electron chi connectivity index (χ4n) is 2.83. The van der Waals surface area contributed by atoms with Crippen molar-refractivity contribution >= 4 is 23.4 Å². The van der Waals surface area contributed by atoms with Gasteiger partial charge in [0, 0.05) is 36.3 Å². The van der Waals surface area contributed by atoms with E-state index in [0.717, 1.165) is 19.4 Å². The lowest BCUT2D eigenvalue weighted by Gasteiger charge is -2.33. The van der Waals surface area contributed by atoms with Crippen molar-refractivity contribution in [3.05, 3.63) is 38.9 Å². The second-order valence-corrected chi connectivity index (χ2v) is 7.66. The monoisotopic (exact) mass is 369 g/mol. The molecule has 8 heteroatoms. The molecule has 138 valence electrons. The molecule has 0 saturated carbocycles. The summed E-state index contributed by atoms with van der Waals surface area (Å²) in [5, 5.41) is 14.3. The van der Waals surface area contributed by atoms with E-state index in [9.17, 15) is 14.9 Å². The van der Waals surface area contributed by atoms with E-state index in [1.54, 1.807) is 6.07 Å². The van der Waals surface area contributed by atoms with Gasteiger partial charge in [0.2, 0.25) is 0 Å². The minimum absolute atomic E-state index is 0.0129. The summed E-state index contributed by atoms with van der Waals surface area (Å²) in [6.45, 7) is 7.48. The number of nitro groups is 1. The number of hydrogen-bond donors (Lipinski definition) is 1. The minimum Gasteiger partial charge on any atom is -0.444 e. The van der Waals surface area contributed by atoms with Crippen molar-refractivity contribution in [3.63, 3.8) is 0 Å². The minimum atomic E-state index is -0.533. The molecule has 1 aromatic rings. The number of carbonyl (C=O) groups is 1. The zero-order valence-electron chi connectivity index (χ0n) is 14.8. The SMILES string of the molecule is CC(C)(C)OC(=O)NC1CCCN(Cc2cc([N+](=O)[O-])ccc2Cl)C1. The average Bonchev–Trinajstić information content (AvgIpc) is 2.47. The van der Waals surface area contributed by atoms with Crippen molar-refractivity contribution in [2.75, 3.05) is 13.1 Å². The smallest absolute Gasteiger partial charge is 0.407 e. The highest BCUT2D eigenvalue weighted by atomic mass is 35.5. The first-order chi connectivity index (χ1) is 11.6. The number of nitrogens with one attached hydrogen (secondary N) is 1. The Morgan fingerprint density at radius 2 is 2.20 bits per heavy atom. The predicted octanol–water partition coefficient (Wildman–Crippen LogP) is 3.74. The van der Waals surface area contributed by atoms with Gasteiger partial charge in [0.25, 0.3) is 5.69 Å². The molecular weight excluding hydrogens is 346 g/mol. The summed E-state index contributed by atoms with van der Waals surface area (Å²) in [6, 6.07) is 4.44. The highest BCUT2D eigenvalue weighted by molar-refractivity contribution is 6.31. The number of ether oxygens (including phenoxy) is 1. The summed E-state index contributed by atoms with van der Waals surface area (Å²) in [4.78, 5) is 24.6. The van der Waals surface area contributed by atoms with Crippen molar-refractivity contribution < 1.29 is 14.5 Å². The molecule has 0 spiro atoms. The van der Waals surface area contributed by atoms with Crippen LogP contribution in [0.2, 0.25) is 5.02 Å². The van der Waals surface area contributed by atoms with E-state index in [-0.39, 0.29) is 11.7 Å². The standard InChI is InChI=1S/C17H24ClN3O4/c1-17(2,3)25-16(22)19-13-5-4-8-20(11-13)10-12-9-14(21(23)24)6-7-15(12)18/h6-7,9,13H,4-5,8,10-11H2,1-3H3,(H,19,22). The van der Waals surface area contributed by atoms with Crippen molar-refractivity contribution in [1.29, 1.82) is 0 Å². The second kappa shape index (κ2) is 8.01. The first kappa shape index (κ1) is 19.5. The molecule has 1 aliphatic rings. The Labute approximate surface area is 152 Å². The van der Waals surface area contributed by atoms with E-state index >= 15 is 0 Å². The predicted molar refractivity (Wildman–Crippen MR) is 95.8 cm³/mol. The number of hydrogen-bond acceptors (Lipinski definition) is 5. The summed E-state index contributed by atoms with van der Waals surface area (Å²) in [5.41, 5.74) is 0.211. The Morgan fingerprint density at radius 3 is 2.84 bits per heavy atom. The Bertz CT molecular complexity index is 645. The molecule has 1 aromatic carbocycles. The molecule has 1 heterocycles. The fourth-order valence-corrected chi connectivity index (χ4v) is 3.01. The first-order valence-corrected chi connectivity index (χ1v) is 8.66. The van der Waals surface area contributed by atoms with Gasteiger partial charge in [-0.25, -0.2) is 4.79 Å². The molecule has 25 heavy (non-hydrogen) atoms. The van der Waals surface area contributed by atoms with E-state index in [4.69, 9.17) is 16.3 Å². The van der Waals surface area contributed by atoms with Crippen LogP contribution in [-0.4, -0.2) is 40.6 Å². The van der Waals surface area contributed by atoms with E-state index in [1.807, 2.05) is 20.8 Å². The average molecular weight is 370 g/mol. The number of halogens is 1. The van der Waals surface area contributed by atoms with Crippen LogP contribution in [0.4, 0.5) is 10.5 Å². The molecule has 1 amide bonds. The van der Waals surface area contributed by atoms with Crippen LogP contribution in [0.25, 0.3) is 0 Å². The molecule has 1 unspecified atom stereocenters. The third-order valence-electron chi connectivity index (χ3n) is 3.86. The number of piperidine rings is 1. The Hall–Kier alpha value is -1.86. The van der Waals surface area contributed by atoms with Crippen molar-refractivity contribution in [1.82, 2.24) is 10.2 Å². The number of rotatable bonds is 4. The lowest BCUT2D eigenvalue weighted by molar-refractivity contribution is -0.384. The third-order valence-corrected chi connectivity index (χ3v) is 4.23. The number of nitro benzene ring substituents is 1. The van der Waals surface area contributed by atoms with Crippen LogP contribution >= 0.6 is 11.6 Å². The van der Waals surface area contributed by atoms with Crippen LogP contribution in [0, 0.1) is 10.1 Å². The molecular formula is C17H24ClN3O4. The quantitative estimate of drug-likeness (QED) is 0.645. The van der Waals surface area contributed by atoms with Crippen molar-refractivity contribution in [2.24, 2.45) is 0 Å². The van der Waals surface area contributed by atoms with Crippen LogP contribution in [-0.2, 0) is 11.3 Å². The lowest BCUT2D eigenvalue weighted by atomic mass is 10.0. The van der Waals surface area contributed by atoms with Crippen LogP contribution in [0.1, 0.15) is 39.2 Å². The van der Waals surface area contributed by atoms with Gasteiger partial charge in [0.1, 0.15) is 5.60 Å². The van der Waals surface area contributed by atoms with E-state index < -0.39 is 16.6 Å². The van der Waals surface area contributed by atoms with Crippen LogP contribution in [0.15, 0.2) is 18.2 Å². The molecule has 1 aliphatic heterocycles. The molecule has 0 aromatic heterocycles. The highest BCUT2D eigenvalue weighted by Gasteiger charge is 2.25. The Morgan fingerprint density at radius 1 is 1.48 bits per heavy atom. The number of carbonyl (C=O) groups excluding carboxylic acids is 1. The topological polar surface area (TPSA) is 84.7 Å². The van der Waals surface area contributed by atoms with Gasteiger partial charge in [-0.2, -0.15) is 0 Å². The number of likely N-dealkylation sites (tertiary alicyclic amines) is 1. The number of nitrogens with zero attached hydrogens (tertiary/aromatic N) is 2. The number of alkyl carbamates (subject to hydrolysis) is 1. The first-order valence-electron chi connectivity index (χ1n) is 8.29. The van der Waals surface area contributed by atoms with Gasteiger partial charge in [0.05, 0.1) is 4.92 Å². The van der Waals surface area contributed by atoms with Crippen LogP contribution in [0.3, 0.4) is 0 Å². The summed E-state index contributed by atoms with van der Waals surface area (Å²) >= 11 is 6.17. The Balaban J connectivity index is 1.96. The van der Waals surface area contributed by atoms with Gasteiger partial charge in [-0.15, -0.1) is 0 Å². The molecule has 1 saturated heterocycles. The van der Waals surface area contributed by atoms with Crippen LogP contribution < -0.4 is 5.32 Å². The maximum atomic E-state index is 11.9. The molecule has 0 aliphatic carbocycles. The van der Waals surface area contributed by atoms with E-state index in [0.29, 0.717) is 23.7 Å². The summed E-state index contributed by atoms with van der Waals surface area (Å²) < 4.78 is 5.29. The molecule has 1 N–H and O–H groups in total. The molecule has 0 radical (unpaired) electrons. The molecule has 7 nitrogen and oxygen atoms in total. The van der Waals surface area contributed by atoms with E-state index in [1.165, 1.54) is 12.1 Å². The summed E-state index contributed by atoms with van der Waals surface area (Å²) in [6.07, 6.45) is 1.37. The Kier molecular flexibility index (Phi) is 6.24. The van der Waals surface area contributed by atoms with Crippen molar-refractivity contribution in [2.45, 2.75) is 51.8 Å². The normalized spacial score (nSPS) is 18.6. The molecule has 1 atom stereocenters. The second-order valence-electron chi connectivity index (χ2n) is 7.25. The molecule has 1 fully saturated rings. The van der Waals surface area contributed by atoms with Gasteiger partial charge in [0.15, 0.2) is 0 Å². The third kappa shape index (κ3) is 6.17. The summed E-state index contributed by atoms with van der Waals surface area (Å²) in [5.74, 6) is 0. The van der Waals surface area contributed by atoms with Crippen molar-refractivity contribution in [3.8, 4) is 0 Å². The summed E-state index contributed by atoms with van der Waals surface area (Å²) in [7, 11) is 0.